The molecule has 1 heterocycles. The largest absolute Gasteiger partial charge is 0.427 e. The number of carbonyl (C=O) groups excluding carboxylic acids is 3. The summed E-state index contributed by atoms with van der Waals surface area (Å²) in [7, 11) is 0. The van der Waals surface area contributed by atoms with Crippen LogP contribution in [0.1, 0.15) is 20.8 Å². The smallest absolute Gasteiger partial charge is 0.308 e. The highest BCUT2D eigenvalue weighted by atomic mass is 16.5. The SMILES string of the molecule is CC(=O)Oc1ccc(N2C(=O)[C@H]3[C@H](C2=O)[C@@H]2C=C[C@@H]3C2=C(C)C)cc1. The Hall–Kier alpha value is -2.69. The monoisotopic (exact) mass is 337 g/mol. The van der Waals surface area contributed by atoms with E-state index in [0.717, 1.165) is 0 Å². The van der Waals surface area contributed by atoms with E-state index in [-0.39, 0.29) is 35.5 Å². The molecule has 5 nitrogen and oxygen atoms in total. The molecule has 128 valence electrons. The molecule has 4 rings (SSSR count). The van der Waals surface area contributed by atoms with Gasteiger partial charge in [-0.3, -0.25) is 14.4 Å². The molecule has 1 aliphatic heterocycles. The number of amides is 2. The Balaban J connectivity index is 1.65. The molecule has 3 aliphatic rings. The molecule has 1 saturated heterocycles. The van der Waals surface area contributed by atoms with Crippen molar-refractivity contribution in [2.75, 3.05) is 4.90 Å². The first-order chi connectivity index (χ1) is 11.9. The van der Waals surface area contributed by atoms with Gasteiger partial charge in [-0.05, 0) is 38.1 Å². The number of nitrogens with zero attached hydrogens (tertiary/aromatic N) is 1. The van der Waals surface area contributed by atoms with Crippen molar-refractivity contribution in [1.82, 2.24) is 0 Å². The second-order valence-corrected chi connectivity index (χ2v) is 7.04. The van der Waals surface area contributed by atoms with Crippen molar-refractivity contribution in [3.63, 3.8) is 0 Å². The molecule has 5 heteroatoms. The van der Waals surface area contributed by atoms with Gasteiger partial charge in [0.15, 0.2) is 0 Å². The van der Waals surface area contributed by atoms with E-state index in [1.165, 1.54) is 23.0 Å². The number of hydrogen-bond donors (Lipinski definition) is 0. The molecule has 0 N–H and O–H groups in total. The number of esters is 1. The minimum absolute atomic E-state index is 0.0433. The lowest BCUT2D eigenvalue weighted by Crippen LogP contribution is -2.33. The standard InChI is InChI=1S/C20H19NO4/c1-10(2)16-14-8-9-15(16)18-17(14)19(23)21(20(18)24)12-4-6-13(7-5-12)25-11(3)22/h4-9,14-15,17-18H,1-3H3/t14-,15-,17-,18-/m1/s1. The maximum absolute atomic E-state index is 13.0. The second-order valence-electron chi connectivity index (χ2n) is 7.04. The quantitative estimate of drug-likeness (QED) is 0.360. The van der Waals surface area contributed by atoms with Crippen LogP contribution in [0.5, 0.6) is 5.75 Å². The molecule has 0 aromatic heterocycles. The molecule has 1 aromatic rings. The number of carbonyl (C=O) groups is 3. The van der Waals surface area contributed by atoms with Gasteiger partial charge in [0.2, 0.25) is 11.8 Å². The molecular formula is C20H19NO4. The minimum Gasteiger partial charge on any atom is -0.427 e. The number of ether oxygens (including phenoxy) is 1. The number of rotatable bonds is 2. The maximum atomic E-state index is 13.0. The first kappa shape index (κ1) is 15.8. The first-order valence-corrected chi connectivity index (χ1v) is 8.42. The van der Waals surface area contributed by atoms with Crippen molar-refractivity contribution in [3.05, 3.63) is 47.6 Å². The molecule has 1 saturated carbocycles. The van der Waals surface area contributed by atoms with E-state index in [2.05, 4.69) is 12.2 Å². The van der Waals surface area contributed by atoms with Crippen molar-refractivity contribution in [2.24, 2.45) is 23.7 Å². The number of imide groups is 1. The van der Waals surface area contributed by atoms with E-state index < -0.39 is 5.97 Å². The highest BCUT2D eigenvalue weighted by Crippen LogP contribution is 2.57. The topological polar surface area (TPSA) is 63.7 Å². The van der Waals surface area contributed by atoms with Gasteiger partial charge in [0.05, 0.1) is 17.5 Å². The number of benzene rings is 1. The lowest BCUT2D eigenvalue weighted by atomic mass is 9.85. The summed E-state index contributed by atoms with van der Waals surface area (Å²) < 4.78 is 5.00. The van der Waals surface area contributed by atoms with Crippen molar-refractivity contribution in [2.45, 2.75) is 20.8 Å². The normalized spacial score (nSPS) is 29.4. The zero-order chi connectivity index (χ0) is 17.9. The Morgan fingerprint density at radius 2 is 1.44 bits per heavy atom. The van der Waals surface area contributed by atoms with E-state index in [4.69, 9.17) is 4.74 Å². The Bertz CT molecular complexity index is 811. The summed E-state index contributed by atoms with van der Waals surface area (Å²) in [6.45, 7) is 5.42. The molecule has 4 atom stereocenters. The van der Waals surface area contributed by atoms with Gasteiger partial charge < -0.3 is 4.74 Å². The van der Waals surface area contributed by atoms with Crippen molar-refractivity contribution in [3.8, 4) is 5.75 Å². The fourth-order valence-corrected chi connectivity index (χ4v) is 4.51. The molecule has 2 fully saturated rings. The summed E-state index contributed by atoms with van der Waals surface area (Å²) in [5, 5.41) is 0. The third kappa shape index (κ3) is 2.18. The summed E-state index contributed by atoms with van der Waals surface area (Å²) in [6, 6.07) is 6.48. The summed E-state index contributed by atoms with van der Waals surface area (Å²) in [5.74, 6) is -0.780. The predicted molar refractivity (Wildman–Crippen MR) is 91.7 cm³/mol. The Morgan fingerprint density at radius 1 is 0.920 bits per heavy atom. The molecule has 0 radical (unpaired) electrons. The molecule has 2 amide bonds. The number of fused-ring (bicyclic) bond motifs is 5. The second kappa shape index (κ2) is 5.41. The van der Waals surface area contributed by atoms with Gasteiger partial charge in [0.25, 0.3) is 0 Å². The van der Waals surface area contributed by atoms with Crippen LogP contribution >= 0.6 is 0 Å². The third-order valence-electron chi connectivity index (χ3n) is 5.35. The number of anilines is 1. The van der Waals surface area contributed by atoms with E-state index >= 15 is 0 Å². The molecule has 2 aliphatic carbocycles. The maximum Gasteiger partial charge on any atom is 0.308 e. The van der Waals surface area contributed by atoms with E-state index in [1.807, 2.05) is 13.8 Å². The van der Waals surface area contributed by atoms with E-state index in [9.17, 15) is 14.4 Å². The van der Waals surface area contributed by atoms with Gasteiger partial charge in [-0.25, -0.2) is 4.90 Å². The van der Waals surface area contributed by atoms with Crippen molar-refractivity contribution in [1.29, 1.82) is 0 Å². The van der Waals surface area contributed by atoms with Crippen LogP contribution in [-0.4, -0.2) is 17.8 Å². The highest BCUT2D eigenvalue weighted by Gasteiger charge is 2.61. The summed E-state index contributed by atoms with van der Waals surface area (Å²) in [5.41, 5.74) is 2.97. The van der Waals surface area contributed by atoms with Gasteiger partial charge >= 0.3 is 5.97 Å². The van der Waals surface area contributed by atoms with Crippen LogP contribution in [0, 0.1) is 23.7 Å². The molecular weight excluding hydrogens is 318 g/mol. The van der Waals surface area contributed by atoms with Crippen LogP contribution in [0.2, 0.25) is 0 Å². The highest BCUT2D eigenvalue weighted by molar-refractivity contribution is 6.23. The van der Waals surface area contributed by atoms with Gasteiger partial charge in [-0.15, -0.1) is 0 Å². The predicted octanol–water partition coefficient (Wildman–Crippen LogP) is 2.87. The minimum atomic E-state index is -0.410. The van der Waals surface area contributed by atoms with Gasteiger partial charge in [-0.1, -0.05) is 23.3 Å². The summed E-state index contributed by atoms with van der Waals surface area (Å²) >= 11 is 0. The number of hydrogen-bond acceptors (Lipinski definition) is 4. The van der Waals surface area contributed by atoms with Gasteiger partial charge in [-0.2, -0.15) is 0 Å². The fourth-order valence-electron chi connectivity index (χ4n) is 4.51. The average Bonchev–Trinajstić information content (AvgIpc) is 3.18. The van der Waals surface area contributed by atoms with Crippen LogP contribution < -0.4 is 9.64 Å². The first-order valence-electron chi connectivity index (χ1n) is 8.42. The fraction of sp³-hybridized carbons (Fsp3) is 0.350. The molecule has 0 spiro atoms. The zero-order valence-corrected chi connectivity index (χ0v) is 14.4. The lowest BCUT2D eigenvalue weighted by Gasteiger charge is -2.19. The summed E-state index contributed by atoms with van der Waals surface area (Å²) in [6.07, 6.45) is 4.15. The van der Waals surface area contributed by atoms with E-state index in [1.54, 1.807) is 24.3 Å². The molecule has 0 unspecified atom stereocenters. The molecule has 25 heavy (non-hydrogen) atoms. The average molecular weight is 337 g/mol. The third-order valence-corrected chi connectivity index (χ3v) is 5.35. The Kier molecular flexibility index (Phi) is 3.42. The van der Waals surface area contributed by atoms with Crippen LogP contribution in [0.3, 0.4) is 0 Å². The number of allylic oxidation sites excluding steroid dienone is 4. The summed E-state index contributed by atoms with van der Waals surface area (Å²) in [4.78, 5) is 38.3. The molecule has 1 aromatic carbocycles. The van der Waals surface area contributed by atoms with Crippen LogP contribution in [0.25, 0.3) is 0 Å². The van der Waals surface area contributed by atoms with E-state index in [0.29, 0.717) is 11.4 Å². The Labute approximate surface area is 146 Å². The van der Waals surface area contributed by atoms with Gasteiger partial charge in [0, 0.05) is 18.8 Å². The van der Waals surface area contributed by atoms with Crippen molar-refractivity contribution < 1.29 is 19.1 Å². The van der Waals surface area contributed by atoms with Crippen molar-refractivity contribution >= 4 is 23.5 Å². The van der Waals surface area contributed by atoms with Gasteiger partial charge in [0.1, 0.15) is 5.75 Å². The lowest BCUT2D eigenvalue weighted by molar-refractivity contribution is -0.132. The zero-order valence-electron chi connectivity index (χ0n) is 14.4. The van der Waals surface area contributed by atoms with Crippen LogP contribution in [0.15, 0.2) is 47.6 Å². The Morgan fingerprint density at radius 3 is 1.88 bits per heavy atom. The van der Waals surface area contributed by atoms with Crippen LogP contribution in [0.4, 0.5) is 5.69 Å². The molecule has 2 bridgehead atoms. The van der Waals surface area contributed by atoms with Crippen LogP contribution in [-0.2, 0) is 14.4 Å².